The van der Waals surface area contributed by atoms with Crippen LogP contribution in [0.2, 0.25) is 0 Å². The van der Waals surface area contributed by atoms with Crippen molar-refractivity contribution in [1.82, 2.24) is 5.32 Å². The van der Waals surface area contributed by atoms with Crippen LogP contribution in [0.1, 0.15) is 41.5 Å². The van der Waals surface area contributed by atoms with Gasteiger partial charge in [-0.1, -0.05) is 27.7 Å². The zero-order valence-electron chi connectivity index (χ0n) is 9.77. The summed E-state index contributed by atoms with van der Waals surface area (Å²) >= 11 is 2.10. The molecule has 0 atom stereocenters. The van der Waals surface area contributed by atoms with Gasteiger partial charge in [-0.3, -0.25) is 5.32 Å². The Morgan fingerprint density at radius 3 is 1.69 bits per heavy atom. The molecule has 1 N–H and O–H groups in total. The number of nitrogens with one attached hydrogen (secondary N) is 1. The Morgan fingerprint density at radius 2 is 1.54 bits per heavy atom. The van der Waals surface area contributed by atoms with E-state index >= 15 is 0 Å². The number of hydrogen-bond acceptors (Lipinski definition) is 2. The molecular formula is C11H23NS. The van der Waals surface area contributed by atoms with E-state index < -0.39 is 0 Å². The molecule has 0 aliphatic carbocycles. The van der Waals surface area contributed by atoms with Crippen molar-refractivity contribution in [1.29, 1.82) is 0 Å². The molecule has 1 saturated heterocycles. The summed E-state index contributed by atoms with van der Waals surface area (Å²) in [5.74, 6) is 2.61. The van der Waals surface area contributed by atoms with Crippen molar-refractivity contribution in [2.75, 3.05) is 5.75 Å². The largest absolute Gasteiger partial charge is 0.297 e. The second-order valence-electron chi connectivity index (χ2n) is 5.40. The van der Waals surface area contributed by atoms with Gasteiger partial charge in [-0.25, -0.2) is 0 Å². The second kappa shape index (κ2) is 3.47. The van der Waals surface area contributed by atoms with Gasteiger partial charge in [-0.2, -0.15) is 0 Å². The average Bonchev–Trinajstić information content (AvgIpc) is 2.27. The Morgan fingerprint density at radius 1 is 1.08 bits per heavy atom. The summed E-state index contributed by atoms with van der Waals surface area (Å²) < 4.78 is 0. The fourth-order valence-corrected chi connectivity index (χ4v) is 3.88. The quantitative estimate of drug-likeness (QED) is 0.737. The lowest BCUT2D eigenvalue weighted by Crippen LogP contribution is -2.53. The third-order valence-electron chi connectivity index (χ3n) is 2.92. The molecule has 13 heavy (non-hydrogen) atoms. The van der Waals surface area contributed by atoms with E-state index in [-0.39, 0.29) is 0 Å². The normalized spacial score (nSPS) is 25.8. The molecule has 0 spiro atoms. The van der Waals surface area contributed by atoms with Gasteiger partial charge in [-0.15, -0.1) is 11.8 Å². The van der Waals surface area contributed by atoms with Crippen molar-refractivity contribution in [3.63, 3.8) is 0 Å². The fraction of sp³-hybridized carbons (Fsp3) is 1.00. The minimum Gasteiger partial charge on any atom is -0.297 e. The SMILES string of the molecule is CC(C)C1(C(C)C)NC(C)(C)CS1. The van der Waals surface area contributed by atoms with Crippen LogP contribution >= 0.6 is 11.8 Å². The van der Waals surface area contributed by atoms with Crippen LogP contribution in [0.15, 0.2) is 0 Å². The molecule has 1 aliphatic heterocycles. The van der Waals surface area contributed by atoms with Gasteiger partial charge in [0.25, 0.3) is 0 Å². The Balaban J connectivity index is 2.84. The summed E-state index contributed by atoms with van der Waals surface area (Å²) in [4.78, 5) is 0.295. The van der Waals surface area contributed by atoms with Crippen molar-refractivity contribution in [3.05, 3.63) is 0 Å². The molecule has 78 valence electrons. The molecule has 2 heteroatoms. The number of thioether (sulfide) groups is 1. The first kappa shape index (κ1) is 11.4. The number of hydrogen-bond donors (Lipinski definition) is 1. The van der Waals surface area contributed by atoms with Crippen molar-refractivity contribution in [2.45, 2.75) is 52.0 Å². The van der Waals surface area contributed by atoms with Crippen LogP contribution in [0.25, 0.3) is 0 Å². The minimum atomic E-state index is 0.295. The maximum atomic E-state index is 3.81. The summed E-state index contributed by atoms with van der Waals surface area (Å²) in [7, 11) is 0. The minimum absolute atomic E-state index is 0.295. The molecule has 0 aromatic rings. The van der Waals surface area contributed by atoms with Crippen LogP contribution in [0.5, 0.6) is 0 Å². The maximum absolute atomic E-state index is 3.81. The van der Waals surface area contributed by atoms with E-state index in [2.05, 4.69) is 58.6 Å². The third-order valence-corrected chi connectivity index (χ3v) is 5.31. The highest BCUT2D eigenvalue weighted by molar-refractivity contribution is 8.01. The van der Waals surface area contributed by atoms with E-state index in [1.165, 1.54) is 5.75 Å². The standard InChI is InChI=1S/C11H23NS/c1-8(2)11(9(3)4)12-10(5,6)7-13-11/h8-9,12H,7H2,1-6H3. The van der Waals surface area contributed by atoms with Crippen LogP contribution in [0, 0.1) is 11.8 Å². The van der Waals surface area contributed by atoms with Crippen LogP contribution in [-0.4, -0.2) is 16.2 Å². The van der Waals surface area contributed by atoms with Gasteiger partial charge in [0.2, 0.25) is 0 Å². The van der Waals surface area contributed by atoms with Gasteiger partial charge in [0, 0.05) is 11.3 Å². The van der Waals surface area contributed by atoms with Crippen LogP contribution in [0.4, 0.5) is 0 Å². The summed E-state index contributed by atoms with van der Waals surface area (Å²) in [6.45, 7) is 13.9. The topological polar surface area (TPSA) is 12.0 Å². The number of rotatable bonds is 2. The second-order valence-corrected chi connectivity index (χ2v) is 6.65. The summed E-state index contributed by atoms with van der Waals surface area (Å²) in [5.41, 5.74) is 0.305. The van der Waals surface area contributed by atoms with Crippen LogP contribution in [-0.2, 0) is 0 Å². The third kappa shape index (κ3) is 2.04. The summed E-state index contributed by atoms with van der Waals surface area (Å²) in [6.07, 6.45) is 0. The van der Waals surface area contributed by atoms with Gasteiger partial charge >= 0.3 is 0 Å². The van der Waals surface area contributed by atoms with Gasteiger partial charge < -0.3 is 0 Å². The molecule has 1 fully saturated rings. The Labute approximate surface area is 87.1 Å². The molecule has 0 aromatic carbocycles. The molecule has 0 amide bonds. The predicted octanol–water partition coefficient (Wildman–Crippen LogP) is 3.11. The van der Waals surface area contributed by atoms with E-state index in [0.717, 1.165) is 0 Å². The first-order chi connectivity index (χ1) is 5.80. The molecule has 1 nitrogen and oxygen atoms in total. The van der Waals surface area contributed by atoms with Gasteiger partial charge in [0.1, 0.15) is 0 Å². The predicted molar refractivity (Wildman–Crippen MR) is 62.1 cm³/mol. The monoisotopic (exact) mass is 201 g/mol. The lowest BCUT2D eigenvalue weighted by molar-refractivity contribution is 0.238. The lowest BCUT2D eigenvalue weighted by Gasteiger charge is -2.39. The molecule has 1 heterocycles. The zero-order valence-corrected chi connectivity index (χ0v) is 10.6. The van der Waals surface area contributed by atoms with Crippen LogP contribution < -0.4 is 5.32 Å². The molecule has 0 bridgehead atoms. The summed E-state index contributed by atoms with van der Waals surface area (Å²) in [5, 5.41) is 3.81. The zero-order chi connectivity index (χ0) is 10.3. The Bertz CT molecular complexity index is 177. The van der Waals surface area contributed by atoms with E-state index in [9.17, 15) is 0 Å². The molecule has 1 aliphatic rings. The fourth-order valence-electron chi connectivity index (χ4n) is 2.19. The van der Waals surface area contributed by atoms with Crippen LogP contribution in [0.3, 0.4) is 0 Å². The van der Waals surface area contributed by atoms with Crippen molar-refractivity contribution in [3.8, 4) is 0 Å². The first-order valence-electron chi connectivity index (χ1n) is 5.23. The Hall–Kier alpha value is 0.310. The maximum Gasteiger partial charge on any atom is 0.0696 e. The van der Waals surface area contributed by atoms with Crippen molar-refractivity contribution >= 4 is 11.8 Å². The molecule has 1 rings (SSSR count). The van der Waals surface area contributed by atoms with E-state index in [1.807, 2.05) is 0 Å². The molecule has 0 aromatic heterocycles. The van der Waals surface area contributed by atoms with E-state index in [1.54, 1.807) is 0 Å². The molecule has 0 radical (unpaired) electrons. The lowest BCUT2D eigenvalue weighted by atomic mass is 9.90. The van der Waals surface area contributed by atoms with Crippen molar-refractivity contribution < 1.29 is 0 Å². The highest BCUT2D eigenvalue weighted by atomic mass is 32.2. The van der Waals surface area contributed by atoms with E-state index in [0.29, 0.717) is 22.2 Å². The smallest absolute Gasteiger partial charge is 0.0696 e. The molecule has 0 saturated carbocycles. The Kier molecular flexibility index (Phi) is 3.04. The summed E-state index contributed by atoms with van der Waals surface area (Å²) in [6, 6.07) is 0. The van der Waals surface area contributed by atoms with Gasteiger partial charge in [-0.05, 0) is 25.7 Å². The average molecular weight is 201 g/mol. The van der Waals surface area contributed by atoms with Gasteiger partial charge in [0.05, 0.1) is 4.87 Å². The molecule has 0 unspecified atom stereocenters. The van der Waals surface area contributed by atoms with Crippen molar-refractivity contribution in [2.24, 2.45) is 11.8 Å². The highest BCUT2D eigenvalue weighted by Crippen LogP contribution is 2.45. The molecular weight excluding hydrogens is 178 g/mol. The first-order valence-corrected chi connectivity index (χ1v) is 6.22. The van der Waals surface area contributed by atoms with Gasteiger partial charge in [0.15, 0.2) is 0 Å². The highest BCUT2D eigenvalue weighted by Gasteiger charge is 2.47. The van der Waals surface area contributed by atoms with E-state index in [4.69, 9.17) is 0 Å².